The van der Waals surface area contributed by atoms with Gasteiger partial charge in [-0.25, -0.2) is 8.42 Å². The van der Waals surface area contributed by atoms with Crippen molar-refractivity contribution < 1.29 is 17.8 Å². The second kappa shape index (κ2) is 6.06. The Labute approximate surface area is 121 Å². The lowest BCUT2D eigenvalue weighted by atomic mass is 10.3. The van der Waals surface area contributed by atoms with Gasteiger partial charge < -0.3 is 9.73 Å². The average Bonchev–Trinajstić information content (AvgIpc) is 2.86. The summed E-state index contributed by atoms with van der Waals surface area (Å²) in [6.07, 6.45) is 0. The van der Waals surface area contributed by atoms with Crippen LogP contribution in [0.15, 0.2) is 45.7 Å². The molecule has 1 aromatic carbocycles. The summed E-state index contributed by atoms with van der Waals surface area (Å²) in [7, 11) is -1.83. The van der Waals surface area contributed by atoms with Gasteiger partial charge in [-0.3, -0.25) is 10.1 Å². The highest BCUT2D eigenvalue weighted by Crippen LogP contribution is 2.21. The maximum atomic E-state index is 12.2. The number of rotatable bonds is 6. The molecule has 0 aliphatic heterocycles. The SMILES string of the molecule is CNCc1ccc(CS(=O)(=O)c2ccc([N+](=O)[O-])cc2)o1. The van der Waals surface area contributed by atoms with E-state index in [4.69, 9.17) is 4.42 Å². The van der Waals surface area contributed by atoms with Gasteiger partial charge in [0.05, 0.1) is 16.4 Å². The Kier molecular flexibility index (Phi) is 4.39. The molecule has 112 valence electrons. The molecule has 8 heteroatoms. The highest BCUT2D eigenvalue weighted by Gasteiger charge is 2.19. The number of non-ortho nitro benzene ring substituents is 1. The Morgan fingerprint density at radius 3 is 2.33 bits per heavy atom. The highest BCUT2D eigenvalue weighted by atomic mass is 32.2. The molecular formula is C13H14N2O5S. The molecule has 1 heterocycles. The van der Waals surface area contributed by atoms with Crippen LogP contribution in [-0.2, 0) is 22.1 Å². The molecule has 0 bridgehead atoms. The molecule has 0 amide bonds. The summed E-state index contributed by atoms with van der Waals surface area (Å²) in [5.74, 6) is 0.694. The van der Waals surface area contributed by atoms with Gasteiger partial charge in [0, 0.05) is 12.1 Å². The van der Waals surface area contributed by atoms with Crippen LogP contribution in [0.5, 0.6) is 0 Å². The lowest BCUT2D eigenvalue weighted by Crippen LogP contribution is -2.05. The Hall–Kier alpha value is -2.19. The molecule has 2 rings (SSSR count). The molecule has 1 aromatic heterocycles. The van der Waals surface area contributed by atoms with E-state index in [-0.39, 0.29) is 16.3 Å². The highest BCUT2D eigenvalue weighted by molar-refractivity contribution is 7.90. The molecule has 2 aromatic rings. The predicted octanol–water partition coefficient (Wildman–Crippen LogP) is 1.88. The van der Waals surface area contributed by atoms with Crippen molar-refractivity contribution in [2.45, 2.75) is 17.2 Å². The topological polar surface area (TPSA) is 102 Å². The Bertz CT molecular complexity index is 734. The van der Waals surface area contributed by atoms with Gasteiger partial charge in [-0.15, -0.1) is 0 Å². The zero-order valence-corrected chi connectivity index (χ0v) is 12.1. The number of furan rings is 1. The molecule has 0 spiro atoms. The van der Waals surface area contributed by atoms with Gasteiger partial charge in [-0.1, -0.05) is 0 Å². The monoisotopic (exact) mass is 310 g/mol. The number of sulfone groups is 1. The van der Waals surface area contributed by atoms with E-state index in [1.807, 2.05) is 0 Å². The van der Waals surface area contributed by atoms with Gasteiger partial charge in [-0.2, -0.15) is 0 Å². The third-order valence-electron chi connectivity index (χ3n) is 2.81. The van der Waals surface area contributed by atoms with Crippen molar-refractivity contribution in [2.75, 3.05) is 7.05 Å². The van der Waals surface area contributed by atoms with Crippen LogP contribution in [0.4, 0.5) is 5.69 Å². The summed E-state index contributed by atoms with van der Waals surface area (Å²) < 4.78 is 29.8. The first-order valence-electron chi connectivity index (χ1n) is 6.12. The molecule has 0 unspecified atom stereocenters. The standard InChI is InChI=1S/C13H14N2O5S/c1-14-8-11-4-5-12(20-11)9-21(18,19)13-6-2-10(3-7-13)15(16)17/h2-7,14H,8-9H2,1H3. The summed E-state index contributed by atoms with van der Waals surface area (Å²) in [5, 5.41) is 13.5. The molecule has 0 fully saturated rings. The van der Waals surface area contributed by atoms with Gasteiger partial charge >= 0.3 is 0 Å². The van der Waals surface area contributed by atoms with Crippen LogP contribution in [0.25, 0.3) is 0 Å². The first kappa shape index (κ1) is 15.2. The number of nitro groups is 1. The minimum Gasteiger partial charge on any atom is -0.464 e. The molecule has 0 aliphatic rings. The Morgan fingerprint density at radius 1 is 1.14 bits per heavy atom. The molecule has 0 saturated carbocycles. The van der Waals surface area contributed by atoms with Gasteiger partial charge in [-0.05, 0) is 31.3 Å². The molecule has 0 atom stereocenters. The van der Waals surface area contributed by atoms with E-state index < -0.39 is 14.8 Å². The van der Waals surface area contributed by atoms with Crippen LogP contribution in [0, 0.1) is 10.1 Å². The number of hydrogen-bond donors (Lipinski definition) is 1. The smallest absolute Gasteiger partial charge is 0.269 e. The number of hydrogen-bond acceptors (Lipinski definition) is 6. The third kappa shape index (κ3) is 3.67. The Morgan fingerprint density at radius 2 is 1.76 bits per heavy atom. The van der Waals surface area contributed by atoms with Crippen LogP contribution in [0.1, 0.15) is 11.5 Å². The van der Waals surface area contributed by atoms with E-state index in [9.17, 15) is 18.5 Å². The maximum absolute atomic E-state index is 12.2. The van der Waals surface area contributed by atoms with Crippen molar-refractivity contribution in [3.63, 3.8) is 0 Å². The molecule has 7 nitrogen and oxygen atoms in total. The fraction of sp³-hybridized carbons (Fsp3) is 0.231. The van der Waals surface area contributed by atoms with Gasteiger partial charge in [0.1, 0.15) is 17.3 Å². The van der Waals surface area contributed by atoms with E-state index in [2.05, 4.69) is 5.32 Å². The Balaban J connectivity index is 2.18. The molecular weight excluding hydrogens is 296 g/mol. The molecule has 21 heavy (non-hydrogen) atoms. The van der Waals surface area contributed by atoms with Crippen molar-refractivity contribution in [3.05, 3.63) is 58.0 Å². The van der Waals surface area contributed by atoms with Crippen molar-refractivity contribution >= 4 is 15.5 Å². The maximum Gasteiger partial charge on any atom is 0.269 e. The number of benzene rings is 1. The van der Waals surface area contributed by atoms with Crippen LogP contribution >= 0.6 is 0 Å². The lowest BCUT2D eigenvalue weighted by Gasteiger charge is -2.02. The summed E-state index contributed by atoms with van der Waals surface area (Å²) in [5.41, 5.74) is -0.150. The van der Waals surface area contributed by atoms with Gasteiger partial charge in [0.15, 0.2) is 9.84 Å². The first-order chi connectivity index (χ1) is 9.92. The summed E-state index contributed by atoms with van der Waals surface area (Å²) >= 11 is 0. The van der Waals surface area contributed by atoms with Crippen LogP contribution < -0.4 is 5.32 Å². The van der Waals surface area contributed by atoms with E-state index in [0.717, 1.165) is 0 Å². The van der Waals surface area contributed by atoms with Crippen molar-refractivity contribution in [2.24, 2.45) is 0 Å². The molecule has 1 N–H and O–H groups in total. The number of nitro benzene ring substituents is 1. The predicted molar refractivity (Wildman–Crippen MR) is 75.5 cm³/mol. The lowest BCUT2D eigenvalue weighted by molar-refractivity contribution is -0.384. The van der Waals surface area contributed by atoms with Crippen LogP contribution in [0.2, 0.25) is 0 Å². The average molecular weight is 310 g/mol. The first-order valence-corrected chi connectivity index (χ1v) is 7.77. The number of nitrogens with zero attached hydrogens (tertiary/aromatic N) is 1. The normalized spacial score (nSPS) is 11.5. The summed E-state index contributed by atoms with van der Waals surface area (Å²) in [6.45, 7) is 0.511. The van der Waals surface area contributed by atoms with Crippen LogP contribution in [-0.4, -0.2) is 20.4 Å². The second-order valence-corrected chi connectivity index (χ2v) is 6.40. The zero-order valence-electron chi connectivity index (χ0n) is 11.3. The third-order valence-corrected chi connectivity index (χ3v) is 4.46. The largest absolute Gasteiger partial charge is 0.464 e. The number of nitrogens with one attached hydrogen (secondary N) is 1. The fourth-order valence-electron chi connectivity index (χ4n) is 1.81. The van der Waals surface area contributed by atoms with E-state index in [1.54, 1.807) is 19.2 Å². The van der Waals surface area contributed by atoms with Crippen LogP contribution in [0.3, 0.4) is 0 Å². The second-order valence-electron chi connectivity index (χ2n) is 4.41. The minimum absolute atomic E-state index is 0.0275. The molecule has 0 aliphatic carbocycles. The van der Waals surface area contributed by atoms with Gasteiger partial charge in [0.25, 0.3) is 5.69 Å². The van der Waals surface area contributed by atoms with Crippen molar-refractivity contribution in [1.82, 2.24) is 5.32 Å². The van der Waals surface area contributed by atoms with E-state index in [1.165, 1.54) is 24.3 Å². The molecule has 0 radical (unpaired) electrons. The quantitative estimate of drug-likeness (QED) is 0.645. The summed E-state index contributed by atoms with van der Waals surface area (Å²) in [6, 6.07) is 8.10. The fourth-order valence-corrected chi connectivity index (χ4v) is 3.06. The summed E-state index contributed by atoms with van der Waals surface area (Å²) in [4.78, 5) is 10.0. The zero-order chi connectivity index (χ0) is 15.5. The minimum atomic E-state index is -3.59. The molecule has 0 saturated heterocycles. The van der Waals surface area contributed by atoms with E-state index >= 15 is 0 Å². The van der Waals surface area contributed by atoms with E-state index in [0.29, 0.717) is 18.1 Å². The van der Waals surface area contributed by atoms with Crippen molar-refractivity contribution in [3.8, 4) is 0 Å². The van der Waals surface area contributed by atoms with Crippen molar-refractivity contribution in [1.29, 1.82) is 0 Å². The van der Waals surface area contributed by atoms with Gasteiger partial charge in [0.2, 0.25) is 0 Å².